The number of hydrogen-bond acceptors (Lipinski definition) is 4. The van der Waals surface area contributed by atoms with Crippen molar-refractivity contribution >= 4 is 11.6 Å². The molecule has 1 aromatic rings. The molecule has 1 aliphatic rings. The van der Waals surface area contributed by atoms with E-state index in [4.69, 9.17) is 0 Å². The van der Waals surface area contributed by atoms with Crippen LogP contribution in [-0.4, -0.2) is 23.1 Å². The van der Waals surface area contributed by atoms with Crippen LogP contribution in [0.25, 0.3) is 0 Å². The second-order valence-electron chi connectivity index (χ2n) is 6.26. The molecule has 1 aromatic heterocycles. The Hall–Kier alpha value is -1.32. The first kappa shape index (κ1) is 15.1. The van der Waals surface area contributed by atoms with Gasteiger partial charge in [0.1, 0.15) is 17.5 Å². The summed E-state index contributed by atoms with van der Waals surface area (Å²) in [6, 6.07) is 0. The molecule has 0 aliphatic heterocycles. The topological polar surface area (TPSA) is 49.8 Å². The summed E-state index contributed by atoms with van der Waals surface area (Å²) in [4.78, 5) is 9.26. The first-order chi connectivity index (χ1) is 9.58. The minimum atomic E-state index is 0.459. The van der Waals surface area contributed by atoms with Crippen LogP contribution in [0.4, 0.5) is 11.6 Å². The van der Waals surface area contributed by atoms with Crippen LogP contribution in [0.15, 0.2) is 0 Å². The maximum atomic E-state index is 4.66. The van der Waals surface area contributed by atoms with Gasteiger partial charge < -0.3 is 10.6 Å². The van der Waals surface area contributed by atoms with E-state index >= 15 is 0 Å². The molecule has 1 fully saturated rings. The third kappa shape index (κ3) is 3.41. The third-order valence-corrected chi connectivity index (χ3v) is 4.29. The zero-order chi connectivity index (χ0) is 14.6. The molecular formula is C16H28N4. The fourth-order valence-electron chi connectivity index (χ4n) is 2.56. The van der Waals surface area contributed by atoms with Gasteiger partial charge in [0.25, 0.3) is 0 Å². The van der Waals surface area contributed by atoms with E-state index in [0.717, 1.165) is 49.0 Å². The summed E-state index contributed by atoms with van der Waals surface area (Å²) < 4.78 is 0. The van der Waals surface area contributed by atoms with Gasteiger partial charge in [-0.2, -0.15) is 0 Å². The van der Waals surface area contributed by atoms with E-state index in [1.807, 2.05) is 0 Å². The van der Waals surface area contributed by atoms with E-state index in [1.54, 1.807) is 0 Å². The van der Waals surface area contributed by atoms with Gasteiger partial charge in [0, 0.05) is 25.1 Å². The average molecular weight is 276 g/mol. The Balaban J connectivity index is 2.12. The van der Waals surface area contributed by atoms with Crippen molar-refractivity contribution in [1.29, 1.82) is 0 Å². The molecule has 0 amide bonds. The molecule has 1 heterocycles. The molecule has 1 aliphatic carbocycles. The lowest BCUT2D eigenvalue weighted by Crippen LogP contribution is -2.33. The van der Waals surface area contributed by atoms with Crippen LogP contribution in [0.5, 0.6) is 0 Å². The smallest absolute Gasteiger partial charge is 0.134 e. The van der Waals surface area contributed by atoms with Crippen molar-refractivity contribution in [3.63, 3.8) is 0 Å². The lowest BCUT2D eigenvalue weighted by molar-refractivity contribution is 0.180. The van der Waals surface area contributed by atoms with E-state index in [0.29, 0.717) is 5.41 Å². The standard InChI is InChI=1S/C16H28N4/c1-5-10-17-14-12(3)15(20-13(6-2)19-14)18-11-16(4)8-7-9-16/h5-11H2,1-4H3,(H2,17,18,19,20). The van der Waals surface area contributed by atoms with Crippen LogP contribution in [0, 0.1) is 12.3 Å². The Kier molecular flexibility index (Phi) is 4.84. The summed E-state index contributed by atoms with van der Waals surface area (Å²) >= 11 is 0. The summed E-state index contributed by atoms with van der Waals surface area (Å²) in [7, 11) is 0. The van der Waals surface area contributed by atoms with Gasteiger partial charge in [0.15, 0.2) is 0 Å². The molecule has 0 spiro atoms. The Labute approximate surface area is 122 Å². The highest BCUT2D eigenvalue weighted by atomic mass is 15.1. The van der Waals surface area contributed by atoms with E-state index in [2.05, 4.69) is 48.3 Å². The van der Waals surface area contributed by atoms with Crippen LogP contribution in [0.2, 0.25) is 0 Å². The second-order valence-corrected chi connectivity index (χ2v) is 6.26. The summed E-state index contributed by atoms with van der Waals surface area (Å²) in [6.45, 7) is 10.7. The number of anilines is 2. The third-order valence-electron chi connectivity index (χ3n) is 4.29. The molecule has 0 atom stereocenters. The molecule has 4 nitrogen and oxygen atoms in total. The van der Waals surface area contributed by atoms with Crippen molar-refractivity contribution in [2.45, 2.75) is 59.8 Å². The molecule has 0 saturated heterocycles. The van der Waals surface area contributed by atoms with Crippen LogP contribution < -0.4 is 10.6 Å². The molecule has 112 valence electrons. The van der Waals surface area contributed by atoms with Gasteiger partial charge in [0.2, 0.25) is 0 Å². The van der Waals surface area contributed by atoms with Gasteiger partial charge in [-0.1, -0.05) is 27.2 Å². The van der Waals surface area contributed by atoms with Crippen LogP contribution in [0.3, 0.4) is 0 Å². The molecule has 20 heavy (non-hydrogen) atoms. The molecule has 1 saturated carbocycles. The maximum absolute atomic E-state index is 4.66. The SMILES string of the molecule is CCCNc1nc(CC)nc(NCC2(C)CCC2)c1C. The molecule has 2 rings (SSSR count). The van der Waals surface area contributed by atoms with E-state index in [9.17, 15) is 0 Å². The largest absolute Gasteiger partial charge is 0.370 e. The monoisotopic (exact) mass is 276 g/mol. The van der Waals surface area contributed by atoms with Crippen molar-refractivity contribution < 1.29 is 0 Å². The average Bonchev–Trinajstić information content (AvgIpc) is 2.42. The first-order valence-electron chi connectivity index (χ1n) is 7.93. The highest BCUT2D eigenvalue weighted by Crippen LogP contribution is 2.40. The molecule has 0 bridgehead atoms. The maximum Gasteiger partial charge on any atom is 0.134 e. The summed E-state index contributed by atoms with van der Waals surface area (Å²) in [5.41, 5.74) is 1.60. The Morgan fingerprint density at radius 1 is 1.10 bits per heavy atom. The number of rotatable bonds is 7. The zero-order valence-corrected chi connectivity index (χ0v) is 13.3. The van der Waals surface area contributed by atoms with Crippen molar-refractivity contribution in [1.82, 2.24) is 9.97 Å². The quantitative estimate of drug-likeness (QED) is 0.796. The fraction of sp³-hybridized carbons (Fsp3) is 0.750. The fourth-order valence-corrected chi connectivity index (χ4v) is 2.56. The normalized spacial score (nSPS) is 16.6. The van der Waals surface area contributed by atoms with Crippen LogP contribution in [0.1, 0.15) is 57.8 Å². The summed E-state index contributed by atoms with van der Waals surface area (Å²) in [6.07, 6.45) is 5.99. The summed E-state index contributed by atoms with van der Waals surface area (Å²) in [5.74, 6) is 2.90. The Morgan fingerprint density at radius 3 is 2.25 bits per heavy atom. The zero-order valence-electron chi connectivity index (χ0n) is 13.3. The molecule has 0 radical (unpaired) electrons. The Morgan fingerprint density at radius 2 is 1.75 bits per heavy atom. The number of nitrogens with zero attached hydrogens (tertiary/aromatic N) is 2. The van der Waals surface area contributed by atoms with Crippen molar-refractivity contribution in [2.75, 3.05) is 23.7 Å². The number of hydrogen-bond donors (Lipinski definition) is 2. The first-order valence-corrected chi connectivity index (χ1v) is 7.93. The Bertz CT molecular complexity index is 452. The lowest BCUT2D eigenvalue weighted by Gasteiger charge is -2.38. The molecule has 2 N–H and O–H groups in total. The lowest BCUT2D eigenvalue weighted by atomic mass is 9.70. The van der Waals surface area contributed by atoms with E-state index in [-0.39, 0.29) is 0 Å². The number of aryl methyl sites for hydroxylation is 1. The van der Waals surface area contributed by atoms with Crippen molar-refractivity contribution in [2.24, 2.45) is 5.41 Å². The second kappa shape index (κ2) is 6.42. The van der Waals surface area contributed by atoms with Gasteiger partial charge in [-0.05, 0) is 31.6 Å². The number of nitrogens with one attached hydrogen (secondary N) is 2. The molecule has 4 heteroatoms. The van der Waals surface area contributed by atoms with Gasteiger partial charge >= 0.3 is 0 Å². The molecular weight excluding hydrogens is 248 g/mol. The van der Waals surface area contributed by atoms with Crippen LogP contribution in [-0.2, 0) is 6.42 Å². The predicted molar refractivity (Wildman–Crippen MR) is 85.4 cm³/mol. The van der Waals surface area contributed by atoms with Crippen LogP contribution >= 0.6 is 0 Å². The molecule has 0 aromatic carbocycles. The molecule has 0 unspecified atom stereocenters. The van der Waals surface area contributed by atoms with Gasteiger partial charge in [0.05, 0.1) is 0 Å². The highest BCUT2D eigenvalue weighted by molar-refractivity contribution is 5.57. The summed E-state index contributed by atoms with van der Waals surface area (Å²) in [5, 5.41) is 6.97. The van der Waals surface area contributed by atoms with Gasteiger partial charge in [-0.3, -0.25) is 0 Å². The van der Waals surface area contributed by atoms with E-state index in [1.165, 1.54) is 19.3 Å². The van der Waals surface area contributed by atoms with Gasteiger partial charge in [-0.25, -0.2) is 9.97 Å². The highest BCUT2D eigenvalue weighted by Gasteiger charge is 2.31. The predicted octanol–water partition coefficient (Wildman–Crippen LogP) is 3.77. The minimum absolute atomic E-state index is 0.459. The number of aromatic nitrogens is 2. The minimum Gasteiger partial charge on any atom is -0.370 e. The van der Waals surface area contributed by atoms with Crippen molar-refractivity contribution in [3.8, 4) is 0 Å². The van der Waals surface area contributed by atoms with E-state index < -0.39 is 0 Å². The van der Waals surface area contributed by atoms with Gasteiger partial charge in [-0.15, -0.1) is 0 Å². The van der Waals surface area contributed by atoms with Crippen molar-refractivity contribution in [3.05, 3.63) is 11.4 Å².